The third kappa shape index (κ3) is 5.35. The highest BCUT2D eigenvalue weighted by Crippen LogP contribution is 2.40. The normalized spacial score (nSPS) is 21.3. The molecule has 140 valence electrons. The standard InChI is InChI=1S/C20H32N2O3/c1-14-8-7-11-20(5,6)16(14)9-10-17(23)21-15-12-22(13-15)18(24)25-19(2,3)4/h9-10,15H,7-8,11-13H2,1-6H3,(H,21,23). The molecule has 1 aliphatic carbocycles. The highest BCUT2D eigenvalue weighted by molar-refractivity contribution is 5.88. The molecule has 0 spiro atoms. The van der Waals surface area contributed by atoms with E-state index in [2.05, 4.69) is 26.1 Å². The van der Waals surface area contributed by atoms with Gasteiger partial charge in [-0.2, -0.15) is 0 Å². The Morgan fingerprint density at radius 2 is 1.92 bits per heavy atom. The minimum atomic E-state index is -0.494. The van der Waals surface area contributed by atoms with Gasteiger partial charge in [0.1, 0.15) is 5.60 Å². The van der Waals surface area contributed by atoms with Gasteiger partial charge in [-0.25, -0.2) is 4.79 Å². The number of amides is 2. The third-order valence-electron chi connectivity index (χ3n) is 4.82. The predicted octanol–water partition coefficient (Wildman–Crippen LogP) is 3.80. The number of allylic oxidation sites excluding steroid dienone is 3. The van der Waals surface area contributed by atoms with Crippen LogP contribution in [0.15, 0.2) is 23.3 Å². The zero-order valence-electron chi connectivity index (χ0n) is 16.4. The summed E-state index contributed by atoms with van der Waals surface area (Å²) in [6.45, 7) is 13.2. The van der Waals surface area contributed by atoms with Crippen molar-refractivity contribution in [2.75, 3.05) is 13.1 Å². The van der Waals surface area contributed by atoms with Crippen LogP contribution >= 0.6 is 0 Å². The lowest BCUT2D eigenvalue weighted by Crippen LogP contribution is -2.61. The minimum absolute atomic E-state index is 0.000823. The van der Waals surface area contributed by atoms with E-state index in [1.807, 2.05) is 26.8 Å². The molecule has 0 unspecified atom stereocenters. The van der Waals surface area contributed by atoms with E-state index in [1.165, 1.54) is 17.6 Å². The number of rotatable bonds is 3. The summed E-state index contributed by atoms with van der Waals surface area (Å²) in [7, 11) is 0. The van der Waals surface area contributed by atoms with E-state index < -0.39 is 5.60 Å². The summed E-state index contributed by atoms with van der Waals surface area (Å²) < 4.78 is 5.31. The lowest BCUT2D eigenvalue weighted by Gasteiger charge is -2.39. The number of ether oxygens (including phenoxy) is 1. The van der Waals surface area contributed by atoms with Crippen molar-refractivity contribution < 1.29 is 14.3 Å². The molecule has 1 N–H and O–H groups in total. The fourth-order valence-electron chi connectivity index (χ4n) is 3.46. The van der Waals surface area contributed by atoms with Gasteiger partial charge in [-0.3, -0.25) is 4.79 Å². The molecule has 0 atom stereocenters. The molecule has 2 aliphatic rings. The van der Waals surface area contributed by atoms with E-state index in [1.54, 1.807) is 11.0 Å². The van der Waals surface area contributed by atoms with Crippen molar-refractivity contribution in [3.05, 3.63) is 23.3 Å². The number of carbonyl (C=O) groups is 2. The van der Waals surface area contributed by atoms with E-state index in [0.29, 0.717) is 13.1 Å². The fraction of sp³-hybridized carbons (Fsp3) is 0.700. The fourth-order valence-corrected chi connectivity index (χ4v) is 3.46. The second-order valence-electron chi connectivity index (χ2n) is 8.86. The van der Waals surface area contributed by atoms with Gasteiger partial charge in [0.05, 0.1) is 6.04 Å². The van der Waals surface area contributed by atoms with Crippen LogP contribution in [0, 0.1) is 5.41 Å². The summed E-state index contributed by atoms with van der Waals surface area (Å²) in [5, 5.41) is 2.95. The molecule has 0 saturated carbocycles. The van der Waals surface area contributed by atoms with Gasteiger partial charge in [-0.1, -0.05) is 25.5 Å². The number of hydrogen-bond donors (Lipinski definition) is 1. The van der Waals surface area contributed by atoms with Gasteiger partial charge in [0.15, 0.2) is 0 Å². The van der Waals surface area contributed by atoms with Crippen LogP contribution in [-0.2, 0) is 9.53 Å². The topological polar surface area (TPSA) is 58.6 Å². The van der Waals surface area contributed by atoms with Crippen LogP contribution in [-0.4, -0.2) is 41.6 Å². The first-order valence-corrected chi connectivity index (χ1v) is 9.15. The largest absolute Gasteiger partial charge is 0.444 e. The summed E-state index contributed by atoms with van der Waals surface area (Å²) in [5.41, 5.74) is 2.29. The van der Waals surface area contributed by atoms with Crippen LogP contribution in [0.25, 0.3) is 0 Å². The van der Waals surface area contributed by atoms with Crippen molar-refractivity contribution in [2.45, 2.75) is 72.4 Å². The van der Waals surface area contributed by atoms with E-state index in [-0.39, 0.29) is 23.5 Å². The molecule has 0 aromatic carbocycles. The average molecular weight is 348 g/mol. The molecule has 1 fully saturated rings. The Kier molecular flexibility index (Phi) is 5.65. The summed E-state index contributed by atoms with van der Waals surface area (Å²) in [5.74, 6) is -0.101. The van der Waals surface area contributed by atoms with Gasteiger partial charge in [-0.15, -0.1) is 0 Å². The van der Waals surface area contributed by atoms with E-state index in [0.717, 1.165) is 12.8 Å². The Balaban J connectivity index is 1.82. The molecule has 5 nitrogen and oxygen atoms in total. The average Bonchev–Trinajstić information content (AvgIpc) is 2.38. The lowest BCUT2D eigenvalue weighted by atomic mass is 9.72. The number of nitrogens with zero attached hydrogens (tertiary/aromatic N) is 1. The lowest BCUT2D eigenvalue weighted by molar-refractivity contribution is -0.118. The number of likely N-dealkylation sites (tertiary alicyclic amines) is 1. The molecule has 1 saturated heterocycles. The van der Waals surface area contributed by atoms with E-state index in [4.69, 9.17) is 4.74 Å². The molecular formula is C20H32N2O3. The van der Waals surface area contributed by atoms with Gasteiger partial charge in [0, 0.05) is 19.2 Å². The molecule has 25 heavy (non-hydrogen) atoms. The van der Waals surface area contributed by atoms with Crippen LogP contribution in [0.4, 0.5) is 4.79 Å². The molecule has 0 bridgehead atoms. The molecule has 1 heterocycles. The SMILES string of the molecule is CC1=C(C=CC(=O)NC2CN(C(=O)OC(C)(C)C)C2)C(C)(C)CCC1. The molecule has 0 aromatic rings. The Morgan fingerprint density at radius 3 is 2.48 bits per heavy atom. The smallest absolute Gasteiger partial charge is 0.410 e. The van der Waals surface area contributed by atoms with Gasteiger partial charge < -0.3 is 15.0 Å². The van der Waals surface area contributed by atoms with Crippen molar-refractivity contribution in [3.63, 3.8) is 0 Å². The Labute approximate surface area is 151 Å². The van der Waals surface area contributed by atoms with Gasteiger partial charge in [0.2, 0.25) is 5.91 Å². The molecule has 2 amide bonds. The molecule has 2 rings (SSSR count). The zero-order valence-corrected chi connectivity index (χ0v) is 16.4. The van der Waals surface area contributed by atoms with Gasteiger partial charge in [0.25, 0.3) is 0 Å². The van der Waals surface area contributed by atoms with Crippen LogP contribution < -0.4 is 5.32 Å². The Morgan fingerprint density at radius 1 is 1.28 bits per heavy atom. The van der Waals surface area contributed by atoms with Crippen molar-refractivity contribution in [1.29, 1.82) is 0 Å². The second-order valence-corrected chi connectivity index (χ2v) is 8.86. The van der Waals surface area contributed by atoms with Crippen molar-refractivity contribution in [3.8, 4) is 0 Å². The summed E-state index contributed by atoms with van der Waals surface area (Å²) in [6.07, 6.45) is 6.75. The first-order valence-electron chi connectivity index (χ1n) is 9.15. The first-order chi connectivity index (χ1) is 11.5. The highest BCUT2D eigenvalue weighted by Gasteiger charge is 2.34. The monoisotopic (exact) mass is 348 g/mol. The quantitative estimate of drug-likeness (QED) is 0.789. The van der Waals surface area contributed by atoms with Crippen LogP contribution in [0.1, 0.15) is 60.8 Å². The highest BCUT2D eigenvalue weighted by atomic mass is 16.6. The summed E-state index contributed by atoms with van der Waals surface area (Å²) in [6, 6.07) is -0.000823. The summed E-state index contributed by atoms with van der Waals surface area (Å²) in [4.78, 5) is 25.6. The first kappa shape index (κ1) is 19.5. The van der Waals surface area contributed by atoms with E-state index in [9.17, 15) is 9.59 Å². The van der Waals surface area contributed by atoms with Crippen LogP contribution in [0.3, 0.4) is 0 Å². The Bertz CT molecular complexity index is 591. The molecular weight excluding hydrogens is 316 g/mol. The van der Waals surface area contributed by atoms with Gasteiger partial charge in [-0.05, 0) is 57.9 Å². The number of carbonyl (C=O) groups excluding carboxylic acids is 2. The van der Waals surface area contributed by atoms with Crippen LogP contribution in [0.2, 0.25) is 0 Å². The van der Waals surface area contributed by atoms with Crippen molar-refractivity contribution in [2.24, 2.45) is 5.41 Å². The summed E-state index contributed by atoms with van der Waals surface area (Å²) >= 11 is 0. The maximum Gasteiger partial charge on any atom is 0.410 e. The number of nitrogens with one attached hydrogen (secondary N) is 1. The van der Waals surface area contributed by atoms with Crippen LogP contribution in [0.5, 0.6) is 0 Å². The zero-order chi connectivity index (χ0) is 18.8. The van der Waals surface area contributed by atoms with Gasteiger partial charge >= 0.3 is 6.09 Å². The Hall–Kier alpha value is -1.78. The molecule has 1 aliphatic heterocycles. The second kappa shape index (κ2) is 7.22. The predicted molar refractivity (Wildman–Crippen MR) is 99.2 cm³/mol. The van der Waals surface area contributed by atoms with Crippen molar-refractivity contribution >= 4 is 12.0 Å². The maximum absolute atomic E-state index is 12.2. The molecule has 0 aromatic heterocycles. The van der Waals surface area contributed by atoms with Crippen molar-refractivity contribution in [1.82, 2.24) is 10.2 Å². The minimum Gasteiger partial charge on any atom is -0.444 e. The molecule has 5 heteroatoms. The third-order valence-corrected chi connectivity index (χ3v) is 4.82. The van der Waals surface area contributed by atoms with E-state index >= 15 is 0 Å². The maximum atomic E-state index is 12.2. The number of hydrogen-bond acceptors (Lipinski definition) is 3. The molecule has 0 radical (unpaired) electrons.